The molecule has 2 aromatic rings. The number of nitrogen functional groups attached to an aromatic ring is 1. The summed E-state index contributed by atoms with van der Waals surface area (Å²) in [4.78, 5) is 15.4. The summed E-state index contributed by atoms with van der Waals surface area (Å²) in [7, 11) is -0.689. The molecule has 24 heavy (non-hydrogen) atoms. The molecule has 9 nitrogen and oxygen atoms in total. The number of halogens is 2. The summed E-state index contributed by atoms with van der Waals surface area (Å²) in [5, 5.41) is 0. The summed E-state index contributed by atoms with van der Waals surface area (Å²) < 4.78 is 27.7. The fourth-order valence-electron chi connectivity index (χ4n) is 1.18. The Morgan fingerprint density at radius 2 is 1.54 bits per heavy atom. The van der Waals surface area contributed by atoms with Crippen molar-refractivity contribution < 1.29 is 8.42 Å². The van der Waals surface area contributed by atoms with Crippen LogP contribution < -0.4 is 10.5 Å². The second-order valence-corrected chi connectivity index (χ2v) is 8.27. The van der Waals surface area contributed by atoms with Crippen LogP contribution in [0.5, 0.6) is 0 Å². The fourth-order valence-corrected chi connectivity index (χ4v) is 2.07. The first kappa shape index (κ1) is 20.7. The first-order valence-corrected chi connectivity index (χ1v) is 9.49. The minimum atomic E-state index is -3.54. The molecule has 0 radical (unpaired) electrons. The number of nitrogens with one attached hydrogen (secondary N) is 1. The molecule has 0 bridgehead atoms. The van der Waals surface area contributed by atoms with Crippen molar-refractivity contribution in [1.82, 2.24) is 24.2 Å². The molecular formula is C12H17Br2N7O2S. The highest BCUT2D eigenvalue weighted by Crippen LogP contribution is 2.14. The van der Waals surface area contributed by atoms with Crippen molar-refractivity contribution in [2.24, 2.45) is 0 Å². The smallest absolute Gasteiger partial charge is 0.303 e. The Morgan fingerprint density at radius 1 is 1.04 bits per heavy atom. The average Bonchev–Trinajstić information content (AvgIpc) is 2.47. The highest BCUT2D eigenvalue weighted by atomic mass is 79.9. The van der Waals surface area contributed by atoms with Gasteiger partial charge in [0.25, 0.3) is 0 Å². The Morgan fingerprint density at radius 3 is 1.96 bits per heavy atom. The lowest BCUT2D eigenvalue weighted by atomic mass is 10.5. The van der Waals surface area contributed by atoms with Gasteiger partial charge in [-0.25, -0.2) is 24.7 Å². The van der Waals surface area contributed by atoms with Crippen LogP contribution in [-0.4, -0.2) is 46.8 Å². The summed E-state index contributed by atoms with van der Waals surface area (Å²) in [5.41, 5.74) is 6.82. The van der Waals surface area contributed by atoms with Crippen LogP contribution in [-0.2, 0) is 10.2 Å². The summed E-state index contributed by atoms with van der Waals surface area (Å²) in [6.07, 6.45) is 3.13. The van der Waals surface area contributed by atoms with E-state index in [9.17, 15) is 8.42 Å². The number of nitrogens with two attached hydrogens (primary N) is 1. The number of aryl methyl sites for hydroxylation is 2. The van der Waals surface area contributed by atoms with E-state index in [0.29, 0.717) is 11.6 Å². The summed E-state index contributed by atoms with van der Waals surface area (Å²) >= 11 is 6.47. The fraction of sp³-hybridized carbons (Fsp3) is 0.333. The Bertz CT molecular complexity index is 815. The van der Waals surface area contributed by atoms with E-state index in [4.69, 9.17) is 5.73 Å². The van der Waals surface area contributed by atoms with Gasteiger partial charge in [0.15, 0.2) is 0 Å². The second kappa shape index (κ2) is 8.65. The second-order valence-electron chi connectivity index (χ2n) is 4.68. The quantitative estimate of drug-likeness (QED) is 0.683. The van der Waals surface area contributed by atoms with Crippen LogP contribution in [0, 0.1) is 13.8 Å². The summed E-state index contributed by atoms with van der Waals surface area (Å²) in [6, 6.07) is 0. The minimum absolute atomic E-state index is 0.0596. The van der Waals surface area contributed by atoms with E-state index in [2.05, 4.69) is 56.5 Å². The average molecular weight is 483 g/mol. The van der Waals surface area contributed by atoms with E-state index in [0.717, 1.165) is 18.9 Å². The van der Waals surface area contributed by atoms with Gasteiger partial charge in [0.2, 0.25) is 11.9 Å². The lowest BCUT2D eigenvalue weighted by Crippen LogP contribution is -2.29. The van der Waals surface area contributed by atoms with E-state index >= 15 is 0 Å². The largest absolute Gasteiger partial charge is 0.368 e. The number of aromatic nitrogens is 4. The first-order valence-electron chi connectivity index (χ1n) is 6.47. The van der Waals surface area contributed by atoms with E-state index in [1.54, 1.807) is 13.1 Å². The molecule has 2 rings (SSSR count). The molecule has 12 heteroatoms. The Balaban J connectivity index is 0.000000272. The van der Waals surface area contributed by atoms with E-state index in [1.807, 2.05) is 6.92 Å². The number of rotatable bonds is 3. The number of hydrogen-bond acceptors (Lipinski definition) is 7. The Labute approximate surface area is 157 Å². The maximum absolute atomic E-state index is 11.4. The zero-order valence-electron chi connectivity index (χ0n) is 13.4. The molecule has 0 saturated heterocycles. The maximum atomic E-state index is 11.4. The van der Waals surface area contributed by atoms with Crippen molar-refractivity contribution in [1.29, 1.82) is 0 Å². The molecule has 0 aliphatic rings. The normalized spacial score (nSPS) is 11.0. The third kappa shape index (κ3) is 6.26. The predicted octanol–water partition coefficient (Wildman–Crippen LogP) is 1.90. The van der Waals surface area contributed by atoms with Crippen LogP contribution in [0.3, 0.4) is 0 Å². The zero-order chi connectivity index (χ0) is 18.5. The van der Waals surface area contributed by atoms with Gasteiger partial charge in [-0.3, -0.25) is 0 Å². The molecule has 3 N–H and O–H groups in total. The molecule has 0 amide bonds. The summed E-state index contributed by atoms with van der Waals surface area (Å²) in [6.45, 7) is 3.61. The molecule has 0 atom stereocenters. The van der Waals surface area contributed by atoms with E-state index in [1.165, 1.54) is 20.3 Å². The Hall–Kier alpha value is -1.37. The molecule has 0 saturated carbocycles. The highest BCUT2D eigenvalue weighted by molar-refractivity contribution is 9.10. The van der Waals surface area contributed by atoms with Gasteiger partial charge in [-0.2, -0.15) is 12.7 Å². The molecule has 0 aliphatic heterocycles. The topological polar surface area (TPSA) is 127 Å². The Kier molecular flexibility index (Phi) is 7.45. The molecule has 0 fully saturated rings. The monoisotopic (exact) mass is 481 g/mol. The van der Waals surface area contributed by atoms with Crippen LogP contribution in [0.25, 0.3) is 0 Å². The predicted molar refractivity (Wildman–Crippen MR) is 99.6 cm³/mol. The van der Waals surface area contributed by atoms with Crippen LogP contribution in [0.15, 0.2) is 21.3 Å². The molecule has 2 aromatic heterocycles. The molecule has 0 aromatic carbocycles. The molecule has 132 valence electrons. The first-order chi connectivity index (χ1) is 11.0. The van der Waals surface area contributed by atoms with E-state index in [-0.39, 0.29) is 5.95 Å². The third-order valence-electron chi connectivity index (χ3n) is 2.56. The van der Waals surface area contributed by atoms with Gasteiger partial charge in [0, 0.05) is 26.5 Å². The minimum Gasteiger partial charge on any atom is -0.368 e. The van der Waals surface area contributed by atoms with Gasteiger partial charge in [-0.15, -0.1) is 0 Å². The number of nitrogens with zero attached hydrogens (tertiary/aromatic N) is 5. The van der Waals surface area contributed by atoms with Crippen LogP contribution in [0.4, 0.5) is 11.9 Å². The van der Waals surface area contributed by atoms with Crippen molar-refractivity contribution in [3.63, 3.8) is 0 Å². The molecule has 0 spiro atoms. The molecular weight excluding hydrogens is 466 g/mol. The number of hydrogen-bond donors (Lipinski definition) is 2. The maximum Gasteiger partial charge on any atom is 0.303 e. The molecule has 0 unspecified atom stereocenters. The lowest BCUT2D eigenvalue weighted by molar-refractivity contribution is 0.526. The van der Waals surface area contributed by atoms with Gasteiger partial charge in [-0.05, 0) is 45.7 Å². The van der Waals surface area contributed by atoms with Crippen molar-refractivity contribution in [2.45, 2.75) is 13.8 Å². The number of anilines is 2. The van der Waals surface area contributed by atoms with E-state index < -0.39 is 10.2 Å². The van der Waals surface area contributed by atoms with Gasteiger partial charge < -0.3 is 5.73 Å². The van der Waals surface area contributed by atoms with Crippen molar-refractivity contribution >= 4 is 54.0 Å². The van der Waals surface area contributed by atoms with Crippen molar-refractivity contribution in [3.05, 3.63) is 32.7 Å². The third-order valence-corrected chi connectivity index (χ3v) is 5.52. The van der Waals surface area contributed by atoms with Crippen molar-refractivity contribution in [3.8, 4) is 0 Å². The summed E-state index contributed by atoms with van der Waals surface area (Å²) in [5.74, 6) is 0.375. The van der Waals surface area contributed by atoms with Gasteiger partial charge >= 0.3 is 10.2 Å². The lowest BCUT2D eigenvalue weighted by Gasteiger charge is -2.12. The standard InChI is InChI=1S/C7H11BrN4O2S.C5H6BrN3/c1-5-6(8)4-9-7(10-5)11-15(13,14)12(2)3;1-3-4(6)2-8-5(7)9-3/h4H,1-3H3,(H,9,10,11);2H,1H3,(H2,7,8,9). The van der Waals surface area contributed by atoms with Crippen LogP contribution >= 0.6 is 31.9 Å². The molecule has 0 aliphatic carbocycles. The van der Waals surface area contributed by atoms with Gasteiger partial charge in [-0.1, -0.05) is 0 Å². The zero-order valence-corrected chi connectivity index (χ0v) is 17.4. The van der Waals surface area contributed by atoms with Crippen molar-refractivity contribution in [2.75, 3.05) is 24.6 Å². The van der Waals surface area contributed by atoms with Crippen LogP contribution in [0.2, 0.25) is 0 Å². The SMILES string of the molecule is Cc1nc(N)ncc1Br.Cc1nc(NS(=O)(=O)N(C)C)ncc1Br. The molecule has 2 heterocycles. The van der Waals surface area contributed by atoms with Crippen LogP contribution in [0.1, 0.15) is 11.4 Å². The highest BCUT2D eigenvalue weighted by Gasteiger charge is 2.14. The van der Waals surface area contributed by atoms with Gasteiger partial charge in [0.1, 0.15) is 0 Å². The van der Waals surface area contributed by atoms with Gasteiger partial charge in [0.05, 0.1) is 20.3 Å².